The molecule has 19 heavy (non-hydrogen) atoms. The van der Waals surface area contributed by atoms with Crippen molar-refractivity contribution in [3.63, 3.8) is 0 Å². The summed E-state index contributed by atoms with van der Waals surface area (Å²) in [6, 6.07) is 5.03. The summed E-state index contributed by atoms with van der Waals surface area (Å²) in [5.41, 5.74) is 3.86. The zero-order valence-electron chi connectivity index (χ0n) is 12.5. The second-order valence-corrected chi connectivity index (χ2v) is 6.79. The number of hydrogen-bond donors (Lipinski definition) is 1. The molecule has 1 atom stereocenters. The van der Waals surface area contributed by atoms with E-state index in [0.717, 1.165) is 5.92 Å². The van der Waals surface area contributed by atoms with Crippen LogP contribution in [0, 0.1) is 19.8 Å². The van der Waals surface area contributed by atoms with Gasteiger partial charge in [0, 0.05) is 16.2 Å². The summed E-state index contributed by atoms with van der Waals surface area (Å²) in [5, 5.41) is 3.70. The van der Waals surface area contributed by atoms with Crippen molar-refractivity contribution in [2.45, 2.75) is 39.7 Å². The summed E-state index contributed by atoms with van der Waals surface area (Å²) >= 11 is 3.63. The fourth-order valence-electron chi connectivity index (χ4n) is 2.94. The molecule has 1 N–H and O–H groups in total. The van der Waals surface area contributed by atoms with Gasteiger partial charge in [0.15, 0.2) is 0 Å². The highest BCUT2D eigenvalue weighted by Gasteiger charge is 2.22. The van der Waals surface area contributed by atoms with Crippen LogP contribution in [0.2, 0.25) is 0 Å². The van der Waals surface area contributed by atoms with E-state index in [-0.39, 0.29) is 0 Å². The Kier molecular flexibility index (Phi) is 4.91. The van der Waals surface area contributed by atoms with E-state index < -0.39 is 0 Å². The second kappa shape index (κ2) is 6.27. The van der Waals surface area contributed by atoms with Crippen molar-refractivity contribution in [1.82, 2.24) is 4.90 Å². The van der Waals surface area contributed by atoms with Gasteiger partial charge in [0.05, 0.1) is 0 Å². The highest BCUT2D eigenvalue weighted by molar-refractivity contribution is 9.10. The third kappa shape index (κ3) is 3.73. The summed E-state index contributed by atoms with van der Waals surface area (Å²) in [7, 11) is 2.22. The Morgan fingerprint density at radius 2 is 1.74 bits per heavy atom. The van der Waals surface area contributed by atoms with Gasteiger partial charge in [-0.3, -0.25) is 0 Å². The van der Waals surface area contributed by atoms with Crippen LogP contribution in [-0.4, -0.2) is 31.1 Å². The number of rotatable bonds is 3. The number of benzene rings is 1. The number of nitrogens with zero attached hydrogens (tertiary/aromatic N) is 1. The Morgan fingerprint density at radius 1 is 1.21 bits per heavy atom. The molecule has 0 bridgehead atoms. The summed E-state index contributed by atoms with van der Waals surface area (Å²) in [4.78, 5) is 2.43. The maximum atomic E-state index is 3.70. The molecule has 0 radical (unpaired) electrons. The Labute approximate surface area is 125 Å². The van der Waals surface area contributed by atoms with Crippen molar-refractivity contribution in [2.75, 3.05) is 25.5 Å². The molecule has 0 aliphatic carbocycles. The third-order valence-corrected chi connectivity index (χ3v) is 5.55. The first-order valence-electron chi connectivity index (χ1n) is 7.19. The SMILES string of the molecule is Cc1cc(NC(C)C2CCN(C)CC2)cc(C)c1Br. The van der Waals surface area contributed by atoms with E-state index in [0.29, 0.717) is 6.04 Å². The van der Waals surface area contributed by atoms with Gasteiger partial charge in [-0.15, -0.1) is 0 Å². The summed E-state index contributed by atoms with van der Waals surface area (Å²) in [6.45, 7) is 9.10. The van der Waals surface area contributed by atoms with Gasteiger partial charge in [-0.1, -0.05) is 15.9 Å². The van der Waals surface area contributed by atoms with Crippen LogP contribution < -0.4 is 5.32 Å². The normalized spacial score (nSPS) is 19.4. The molecule has 1 aliphatic heterocycles. The third-order valence-electron chi connectivity index (χ3n) is 4.30. The molecule has 0 amide bonds. The van der Waals surface area contributed by atoms with Gasteiger partial charge in [-0.05, 0) is 82.9 Å². The van der Waals surface area contributed by atoms with Crippen molar-refractivity contribution < 1.29 is 0 Å². The number of anilines is 1. The molecular weight excluding hydrogens is 300 g/mol. The van der Waals surface area contributed by atoms with Crippen LogP contribution in [0.4, 0.5) is 5.69 Å². The number of likely N-dealkylation sites (tertiary alicyclic amines) is 1. The summed E-state index contributed by atoms with van der Waals surface area (Å²) < 4.78 is 1.23. The molecule has 1 aromatic carbocycles. The monoisotopic (exact) mass is 324 g/mol. The first-order chi connectivity index (χ1) is 8.97. The molecule has 3 heteroatoms. The average molecular weight is 325 g/mol. The van der Waals surface area contributed by atoms with Crippen molar-refractivity contribution in [3.05, 3.63) is 27.7 Å². The van der Waals surface area contributed by atoms with Crippen molar-refractivity contribution in [3.8, 4) is 0 Å². The van der Waals surface area contributed by atoms with Crippen LogP contribution in [0.3, 0.4) is 0 Å². The van der Waals surface area contributed by atoms with E-state index in [9.17, 15) is 0 Å². The van der Waals surface area contributed by atoms with Crippen molar-refractivity contribution >= 4 is 21.6 Å². The molecule has 1 aliphatic rings. The fourth-order valence-corrected chi connectivity index (χ4v) is 3.17. The summed E-state index contributed by atoms with van der Waals surface area (Å²) in [5.74, 6) is 0.792. The Bertz CT molecular complexity index is 413. The lowest BCUT2D eigenvalue weighted by atomic mass is 9.90. The predicted molar refractivity (Wildman–Crippen MR) is 86.9 cm³/mol. The number of halogens is 1. The first kappa shape index (κ1) is 14.9. The molecule has 2 rings (SSSR count). The lowest BCUT2D eigenvalue weighted by Crippen LogP contribution is -2.37. The van der Waals surface area contributed by atoms with E-state index >= 15 is 0 Å². The molecule has 0 spiro atoms. The molecule has 106 valence electrons. The highest BCUT2D eigenvalue weighted by Crippen LogP contribution is 2.27. The van der Waals surface area contributed by atoms with Gasteiger partial charge < -0.3 is 10.2 Å². The molecule has 1 aromatic rings. The molecule has 2 nitrogen and oxygen atoms in total. The molecule has 0 saturated carbocycles. The van der Waals surface area contributed by atoms with E-state index in [4.69, 9.17) is 0 Å². The average Bonchev–Trinajstić information content (AvgIpc) is 2.36. The minimum Gasteiger partial charge on any atom is -0.382 e. The lowest BCUT2D eigenvalue weighted by molar-refractivity contribution is 0.208. The zero-order chi connectivity index (χ0) is 14.0. The fraction of sp³-hybridized carbons (Fsp3) is 0.625. The number of nitrogens with one attached hydrogen (secondary N) is 1. The van der Waals surface area contributed by atoms with Gasteiger partial charge in [-0.2, -0.15) is 0 Å². The quantitative estimate of drug-likeness (QED) is 0.896. The van der Waals surface area contributed by atoms with E-state index in [1.54, 1.807) is 0 Å². The van der Waals surface area contributed by atoms with E-state index in [1.165, 1.54) is 47.2 Å². The van der Waals surface area contributed by atoms with Crippen LogP contribution in [0.1, 0.15) is 30.9 Å². The van der Waals surface area contributed by atoms with Crippen LogP contribution >= 0.6 is 15.9 Å². The molecule has 1 saturated heterocycles. The van der Waals surface area contributed by atoms with Crippen LogP contribution in [-0.2, 0) is 0 Å². The zero-order valence-corrected chi connectivity index (χ0v) is 14.0. The molecule has 1 unspecified atom stereocenters. The minimum absolute atomic E-state index is 0.550. The lowest BCUT2D eigenvalue weighted by Gasteiger charge is -2.33. The molecule has 0 aromatic heterocycles. The van der Waals surface area contributed by atoms with E-state index in [2.05, 4.69) is 66.1 Å². The smallest absolute Gasteiger partial charge is 0.0348 e. The Morgan fingerprint density at radius 3 is 2.26 bits per heavy atom. The first-order valence-corrected chi connectivity index (χ1v) is 7.98. The van der Waals surface area contributed by atoms with E-state index in [1.807, 2.05) is 0 Å². The topological polar surface area (TPSA) is 15.3 Å². The maximum Gasteiger partial charge on any atom is 0.0348 e. The largest absolute Gasteiger partial charge is 0.382 e. The van der Waals surface area contributed by atoms with Crippen LogP contribution in [0.5, 0.6) is 0 Å². The van der Waals surface area contributed by atoms with Crippen molar-refractivity contribution in [2.24, 2.45) is 5.92 Å². The van der Waals surface area contributed by atoms with Gasteiger partial charge in [-0.25, -0.2) is 0 Å². The van der Waals surface area contributed by atoms with Crippen molar-refractivity contribution in [1.29, 1.82) is 0 Å². The molecular formula is C16H25BrN2. The second-order valence-electron chi connectivity index (χ2n) is 6.00. The van der Waals surface area contributed by atoms with Crippen LogP contribution in [0.15, 0.2) is 16.6 Å². The standard InChI is InChI=1S/C16H25BrN2/c1-11-9-15(10-12(2)16(11)17)18-13(3)14-5-7-19(4)8-6-14/h9-10,13-14,18H,5-8H2,1-4H3. The minimum atomic E-state index is 0.550. The molecule has 1 fully saturated rings. The van der Waals surface area contributed by atoms with Crippen LogP contribution in [0.25, 0.3) is 0 Å². The number of aryl methyl sites for hydroxylation is 2. The number of piperidine rings is 1. The maximum absolute atomic E-state index is 3.70. The highest BCUT2D eigenvalue weighted by atomic mass is 79.9. The Hall–Kier alpha value is -0.540. The van der Waals surface area contributed by atoms with Gasteiger partial charge in [0.1, 0.15) is 0 Å². The predicted octanol–water partition coefficient (Wildman–Crippen LogP) is 4.21. The van der Waals surface area contributed by atoms with Gasteiger partial charge in [0.2, 0.25) is 0 Å². The number of hydrogen-bond acceptors (Lipinski definition) is 2. The van der Waals surface area contributed by atoms with Gasteiger partial charge >= 0.3 is 0 Å². The summed E-state index contributed by atoms with van der Waals surface area (Å²) in [6.07, 6.45) is 2.61. The molecule has 1 heterocycles. The Balaban J connectivity index is 2.00. The van der Waals surface area contributed by atoms with Gasteiger partial charge in [0.25, 0.3) is 0 Å².